The van der Waals surface area contributed by atoms with Gasteiger partial charge < -0.3 is 10.6 Å². The maximum absolute atomic E-state index is 11.4. The van der Waals surface area contributed by atoms with Crippen molar-refractivity contribution in [2.75, 3.05) is 13.1 Å². The summed E-state index contributed by atoms with van der Waals surface area (Å²) < 4.78 is 0. The summed E-state index contributed by atoms with van der Waals surface area (Å²) in [5.41, 5.74) is 0. The second kappa shape index (κ2) is 4.21. The SMILES string of the molecule is O=C(CNCC1CC2C=CC1C2)NC1CC1. The molecule has 16 heavy (non-hydrogen) atoms. The highest BCUT2D eigenvalue weighted by molar-refractivity contribution is 5.78. The van der Waals surface area contributed by atoms with Gasteiger partial charge in [0.25, 0.3) is 0 Å². The monoisotopic (exact) mass is 220 g/mol. The number of hydrogen-bond acceptors (Lipinski definition) is 2. The van der Waals surface area contributed by atoms with Crippen molar-refractivity contribution in [2.45, 2.75) is 31.7 Å². The Kier molecular flexibility index (Phi) is 2.72. The van der Waals surface area contributed by atoms with E-state index in [0.29, 0.717) is 12.6 Å². The Bertz CT molecular complexity index is 309. The van der Waals surface area contributed by atoms with E-state index in [9.17, 15) is 4.79 Å². The summed E-state index contributed by atoms with van der Waals surface area (Å²) in [6.07, 6.45) is 9.73. The molecule has 2 fully saturated rings. The van der Waals surface area contributed by atoms with Crippen LogP contribution in [-0.2, 0) is 4.79 Å². The predicted molar refractivity (Wildman–Crippen MR) is 62.9 cm³/mol. The van der Waals surface area contributed by atoms with Gasteiger partial charge in [-0.25, -0.2) is 0 Å². The third kappa shape index (κ3) is 2.29. The second-order valence-electron chi connectivity index (χ2n) is 5.51. The average Bonchev–Trinajstić information content (AvgIpc) is 2.84. The van der Waals surface area contributed by atoms with Crippen LogP contribution in [-0.4, -0.2) is 25.0 Å². The molecule has 0 saturated heterocycles. The molecule has 2 bridgehead atoms. The molecule has 0 radical (unpaired) electrons. The van der Waals surface area contributed by atoms with Crippen LogP contribution in [0.25, 0.3) is 0 Å². The van der Waals surface area contributed by atoms with E-state index in [1.54, 1.807) is 0 Å². The second-order valence-corrected chi connectivity index (χ2v) is 5.51. The van der Waals surface area contributed by atoms with Gasteiger partial charge in [0, 0.05) is 6.04 Å². The number of allylic oxidation sites excluding steroid dienone is 2. The molecular weight excluding hydrogens is 200 g/mol. The molecule has 2 saturated carbocycles. The number of fused-ring (bicyclic) bond motifs is 2. The lowest BCUT2D eigenvalue weighted by atomic mass is 9.94. The molecule has 3 unspecified atom stereocenters. The Balaban J connectivity index is 1.34. The van der Waals surface area contributed by atoms with Crippen LogP contribution in [0.2, 0.25) is 0 Å². The zero-order valence-electron chi connectivity index (χ0n) is 9.61. The summed E-state index contributed by atoms with van der Waals surface area (Å²) in [6.45, 7) is 1.50. The van der Waals surface area contributed by atoms with Crippen LogP contribution < -0.4 is 10.6 Å². The van der Waals surface area contributed by atoms with Crippen molar-refractivity contribution < 1.29 is 4.79 Å². The van der Waals surface area contributed by atoms with Crippen molar-refractivity contribution in [3.05, 3.63) is 12.2 Å². The van der Waals surface area contributed by atoms with E-state index in [4.69, 9.17) is 0 Å². The van der Waals surface area contributed by atoms with Gasteiger partial charge >= 0.3 is 0 Å². The van der Waals surface area contributed by atoms with Crippen LogP contribution in [0.5, 0.6) is 0 Å². The molecule has 2 N–H and O–H groups in total. The lowest BCUT2D eigenvalue weighted by molar-refractivity contribution is -0.120. The van der Waals surface area contributed by atoms with Gasteiger partial charge in [-0.15, -0.1) is 0 Å². The van der Waals surface area contributed by atoms with Crippen LogP contribution >= 0.6 is 0 Å². The van der Waals surface area contributed by atoms with Crippen LogP contribution in [0.3, 0.4) is 0 Å². The molecule has 3 heteroatoms. The van der Waals surface area contributed by atoms with Gasteiger partial charge in [-0.05, 0) is 50.0 Å². The molecule has 0 aromatic carbocycles. The zero-order valence-corrected chi connectivity index (χ0v) is 9.61. The first-order chi connectivity index (χ1) is 7.81. The van der Waals surface area contributed by atoms with Crippen molar-refractivity contribution in [1.82, 2.24) is 10.6 Å². The summed E-state index contributed by atoms with van der Waals surface area (Å²) in [4.78, 5) is 11.4. The van der Waals surface area contributed by atoms with Gasteiger partial charge in [0.15, 0.2) is 0 Å². The molecule has 3 nitrogen and oxygen atoms in total. The van der Waals surface area contributed by atoms with Crippen molar-refractivity contribution in [3.8, 4) is 0 Å². The average molecular weight is 220 g/mol. The highest BCUT2D eigenvalue weighted by Crippen LogP contribution is 2.42. The Labute approximate surface area is 96.7 Å². The van der Waals surface area contributed by atoms with Gasteiger partial charge in [0.2, 0.25) is 5.91 Å². The predicted octanol–water partition coefficient (Wildman–Crippen LogP) is 1.07. The summed E-state index contributed by atoms with van der Waals surface area (Å²) in [6, 6.07) is 0.486. The van der Waals surface area contributed by atoms with Crippen LogP contribution in [0.15, 0.2) is 12.2 Å². The minimum atomic E-state index is 0.168. The number of hydrogen-bond donors (Lipinski definition) is 2. The molecule has 3 atom stereocenters. The Morgan fingerprint density at radius 3 is 2.75 bits per heavy atom. The van der Waals surface area contributed by atoms with E-state index in [1.165, 1.54) is 25.7 Å². The van der Waals surface area contributed by atoms with Crippen molar-refractivity contribution >= 4 is 5.91 Å². The summed E-state index contributed by atoms with van der Waals surface area (Å²) >= 11 is 0. The normalized spacial score (nSPS) is 35.6. The Morgan fingerprint density at radius 2 is 2.12 bits per heavy atom. The summed E-state index contributed by atoms with van der Waals surface area (Å²) in [5.74, 6) is 2.55. The first kappa shape index (κ1) is 10.3. The number of nitrogens with one attached hydrogen (secondary N) is 2. The number of carbonyl (C=O) groups is 1. The smallest absolute Gasteiger partial charge is 0.234 e. The summed E-state index contributed by atoms with van der Waals surface area (Å²) in [7, 11) is 0. The molecule has 3 aliphatic carbocycles. The molecular formula is C13H20N2O. The standard InChI is InChI=1S/C13H20N2O/c16-13(15-12-3-4-12)8-14-7-11-6-9-1-2-10(11)5-9/h1-2,9-12,14H,3-8H2,(H,15,16). The van der Waals surface area contributed by atoms with E-state index < -0.39 is 0 Å². The van der Waals surface area contributed by atoms with Gasteiger partial charge in [0.1, 0.15) is 0 Å². The third-order valence-corrected chi connectivity index (χ3v) is 4.05. The lowest BCUT2D eigenvalue weighted by Crippen LogP contribution is -2.37. The molecule has 0 spiro atoms. The van der Waals surface area contributed by atoms with Gasteiger partial charge in [0.05, 0.1) is 6.54 Å². The fraction of sp³-hybridized carbons (Fsp3) is 0.769. The first-order valence-corrected chi connectivity index (χ1v) is 6.49. The quantitative estimate of drug-likeness (QED) is 0.680. The van der Waals surface area contributed by atoms with Crippen LogP contribution in [0.1, 0.15) is 25.7 Å². The fourth-order valence-corrected chi connectivity index (χ4v) is 3.01. The van der Waals surface area contributed by atoms with Gasteiger partial charge in [-0.1, -0.05) is 12.2 Å². The highest BCUT2D eigenvalue weighted by atomic mass is 16.2. The molecule has 3 aliphatic rings. The number of amides is 1. The molecule has 1 amide bonds. The van der Waals surface area contributed by atoms with Crippen molar-refractivity contribution in [3.63, 3.8) is 0 Å². The van der Waals surface area contributed by atoms with E-state index in [1.807, 2.05) is 0 Å². The van der Waals surface area contributed by atoms with Gasteiger partial charge in [-0.2, -0.15) is 0 Å². The maximum Gasteiger partial charge on any atom is 0.234 e. The minimum Gasteiger partial charge on any atom is -0.352 e. The van der Waals surface area contributed by atoms with Gasteiger partial charge in [-0.3, -0.25) is 4.79 Å². The molecule has 88 valence electrons. The molecule has 0 aromatic rings. The first-order valence-electron chi connectivity index (χ1n) is 6.49. The van der Waals surface area contributed by atoms with Crippen LogP contribution in [0, 0.1) is 17.8 Å². The minimum absolute atomic E-state index is 0.168. The number of carbonyl (C=O) groups excluding carboxylic acids is 1. The van der Waals surface area contributed by atoms with E-state index in [0.717, 1.165) is 24.3 Å². The Hall–Kier alpha value is -0.830. The largest absolute Gasteiger partial charge is 0.352 e. The Morgan fingerprint density at radius 1 is 1.25 bits per heavy atom. The molecule has 0 heterocycles. The van der Waals surface area contributed by atoms with E-state index >= 15 is 0 Å². The lowest BCUT2D eigenvalue weighted by Gasteiger charge is -2.18. The molecule has 0 aliphatic heterocycles. The molecule has 0 aromatic heterocycles. The summed E-state index contributed by atoms with van der Waals surface area (Å²) in [5, 5.41) is 6.30. The van der Waals surface area contributed by atoms with E-state index in [-0.39, 0.29) is 5.91 Å². The zero-order chi connectivity index (χ0) is 11.0. The van der Waals surface area contributed by atoms with Crippen LogP contribution in [0.4, 0.5) is 0 Å². The van der Waals surface area contributed by atoms with E-state index in [2.05, 4.69) is 22.8 Å². The van der Waals surface area contributed by atoms with Crippen molar-refractivity contribution in [1.29, 1.82) is 0 Å². The maximum atomic E-state index is 11.4. The topological polar surface area (TPSA) is 41.1 Å². The van der Waals surface area contributed by atoms with Crippen molar-refractivity contribution in [2.24, 2.45) is 17.8 Å². The molecule has 3 rings (SSSR count). The highest BCUT2D eigenvalue weighted by Gasteiger charge is 2.35. The third-order valence-electron chi connectivity index (χ3n) is 4.05. The fourth-order valence-electron chi connectivity index (χ4n) is 3.01. The number of rotatable bonds is 5.